The Labute approximate surface area is 101 Å². The van der Waals surface area contributed by atoms with E-state index in [2.05, 4.69) is 5.32 Å². The van der Waals surface area contributed by atoms with Gasteiger partial charge < -0.3 is 10.1 Å². The molecule has 1 aliphatic heterocycles. The number of rotatable bonds is 3. The van der Waals surface area contributed by atoms with Crippen molar-refractivity contribution < 1.29 is 9.53 Å². The molecule has 2 aliphatic rings. The number of carbonyl (C=O) groups excluding carboxylic acids is 1. The second-order valence-corrected chi connectivity index (χ2v) is 5.23. The predicted molar refractivity (Wildman–Crippen MR) is 65.4 cm³/mol. The Morgan fingerprint density at radius 1 is 1.35 bits per heavy atom. The highest BCUT2D eigenvalue weighted by molar-refractivity contribution is 6.00. The van der Waals surface area contributed by atoms with E-state index in [1.165, 1.54) is 12.8 Å². The summed E-state index contributed by atoms with van der Waals surface area (Å²) >= 11 is 0. The molecule has 3 rings (SSSR count). The van der Waals surface area contributed by atoms with Gasteiger partial charge in [-0.3, -0.25) is 4.79 Å². The standard InChI is InChI=1S/C14H17NO2/c1-17-11-4-2-10(3-5-11)13(16)12-8-14(6-7-14)9-15-12/h2-5,12,15H,6-9H2,1H3/t12-/m0/s1. The average molecular weight is 231 g/mol. The lowest BCUT2D eigenvalue weighted by molar-refractivity contribution is 0.0950. The Kier molecular flexibility index (Phi) is 2.44. The molecule has 0 radical (unpaired) electrons. The number of hydrogen-bond donors (Lipinski definition) is 1. The van der Waals surface area contributed by atoms with Crippen molar-refractivity contribution in [2.24, 2.45) is 5.41 Å². The summed E-state index contributed by atoms with van der Waals surface area (Å²) < 4.78 is 5.09. The van der Waals surface area contributed by atoms with E-state index in [1.807, 2.05) is 24.3 Å². The highest BCUT2D eigenvalue weighted by atomic mass is 16.5. The van der Waals surface area contributed by atoms with Gasteiger partial charge in [-0.15, -0.1) is 0 Å². The van der Waals surface area contributed by atoms with Gasteiger partial charge in [-0.05, 0) is 48.9 Å². The van der Waals surface area contributed by atoms with Crippen molar-refractivity contribution in [1.82, 2.24) is 5.32 Å². The molecule has 1 atom stereocenters. The zero-order chi connectivity index (χ0) is 11.9. The first-order valence-electron chi connectivity index (χ1n) is 6.14. The second kappa shape index (κ2) is 3.84. The molecule has 3 nitrogen and oxygen atoms in total. The summed E-state index contributed by atoms with van der Waals surface area (Å²) in [6, 6.07) is 7.40. The summed E-state index contributed by atoms with van der Waals surface area (Å²) in [7, 11) is 1.63. The highest BCUT2D eigenvalue weighted by Crippen LogP contribution is 2.52. The van der Waals surface area contributed by atoms with E-state index in [1.54, 1.807) is 7.11 Å². The van der Waals surface area contributed by atoms with Crippen LogP contribution in [0.2, 0.25) is 0 Å². The smallest absolute Gasteiger partial charge is 0.179 e. The van der Waals surface area contributed by atoms with Gasteiger partial charge in [-0.25, -0.2) is 0 Å². The van der Waals surface area contributed by atoms with Crippen LogP contribution in [0.15, 0.2) is 24.3 Å². The third-order valence-electron chi connectivity index (χ3n) is 4.01. The molecule has 1 aromatic carbocycles. The van der Waals surface area contributed by atoms with Gasteiger partial charge in [0.15, 0.2) is 5.78 Å². The first-order valence-corrected chi connectivity index (χ1v) is 6.14. The molecule has 0 unspecified atom stereocenters. The van der Waals surface area contributed by atoms with Crippen LogP contribution < -0.4 is 10.1 Å². The number of ketones is 1. The van der Waals surface area contributed by atoms with Crippen molar-refractivity contribution >= 4 is 5.78 Å². The van der Waals surface area contributed by atoms with Crippen molar-refractivity contribution in [3.05, 3.63) is 29.8 Å². The van der Waals surface area contributed by atoms with Crippen LogP contribution in [0.4, 0.5) is 0 Å². The van der Waals surface area contributed by atoms with Crippen molar-refractivity contribution in [3.8, 4) is 5.75 Å². The zero-order valence-corrected chi connectivity index (χ0v) is 10.0. The molecule has 3 heteroatoms. The Balaban J connectivity index is 1.72. The van der Waals surface area contributed by atoms with E-state index in [0.29, 0.717) is 5.41 Å². The molecule has 1 aromatic rings. The largest absolute Gasteiger partial charge is 0.497 e. The summed E-state index contributed by atoms with van der Waals surface area (Å²) in [4.78, 5) is 12.3. The maximum Gasteiger partial charge on any atom is 0.179 e. The van der Waals surface area contributed by atoms with Crippen LogP contribution in [0, 0.1) is 5.41 Å². The molecule has 1 saturated heterocycles. The number of benzene rings is 1. The molecule has 0 aromatic heterocycles. The van der Waals surface area contributed by atoms with Gasteiger partial charge in [0.1, 0.15) is 5.75 Å². The van der Waals surface area contributed by atoms with Gasteiger partial charge in [0.25, 0.3) is 0 Å². The minimum Gasteiger partial charge on any atom is -0.497 e. The maximum atomic E-state index is 12.3. The zero-order valence-electron chi connectivity index (χ0n) is 10.0. The summed E-state index contributed by atoms with van der Waals surface area (Å²) in [5.41, 5.74) is 1.24. The Bertz CT molecular complexity index is 434. The minimum atomic E-state index is 0.0193. The molecule has 1 heterocycles. The Morgan fingerprint density at radius 3 is 2.59 bits per heavy atom. The molecule has 90 valence electrons. The van der Waals surface area contributed by atoms with Crippen LogP contribution in [0.25, 0.3) is 0 Å². The van der Waals surface area contributed by atoms with E-state index in [4.69, 9.17) is 4.74 Å². The van der Waals surface area contributed by atoms with E-state index in [0.717, 1.165) is 24.3 Å². The van der Waals surface area contributed by atoms with Gasteiger partial charge in [0.05, 0.1) is 13.2 Å². The number of nitrogens with one attached hydrogen (secondary N) is 1. The summed E-state index contributed by atoms with van der Waals surface area (Å²) in [6.07, 6.45) is 3.58. The lowest BCUT2D eigenvalue weighted by Crippen LogP contribution is -2.30. The number of methoxy groups -OCH3 is 1. The lowest BCUT2D eigenvalue weighted by Gasteiger charge is -2.09. The van der Waals surface area contributed by atoms with Crippen molar-refractivity contribution in [2.45, 2.75) is 25.3 Å². The van der Waals surface area contributed by atoms with E-state index < -0.39 is 0 Å². The second-order valence-electron chi connectivity index (χ2n) is 5.23. The van der Waals surface area contributed by atoms with Crippen LogP contribution >= 0.6 is 0 Å². The molecule has 1 saturated carbocycles. The number of ether oxygens (including phenoxy) is 1. The van der Waals surface area contributed by atoms with Crippen LogP contribution in [-0.4, -0.2) is 25.5 Å². The molecular formula is C14H17NO2. The fourth-order valence-corrected chi connectivity index (χ4v) is 2.62. The molecule has 1 N–H and O–H groups in total. The SMILES string of the molecule is COc1ccc(C(=O)[C@@H]2CC3(CC3)CN2)cc1. The van der Waals surface area contributed by atoms with Gasteiger partial charge in [-0.1, -0.05) is 0 Å². The average Bonchev–Trinajstić information content (AvgIpc) is 2.99. The van der Waals surface area contributed by atoms with E-state index in [9.17, 15) is 4.79 Å². The van der Waals surface area contributed by atoms with Gasteiger partial charge in [0.2, 0.25) is 0 Å². The molecule has 2 fully saturated rings. The fourth-order valence-electron chi connectivity index (χ4n) is 2.62. The minimum absolute atomic E-state index is 0.0193. The van der Waals surface area contributed by atoms with Crippen LogP contribution in [-0.2, 0) is 0 Å². The highest BCUT2D eigenvalue weighted by Gasteiger charge is 2.49. The topological polar surface area (TPSA) is 38.3 Å². The van der Waals surface area contributed by atoms with Crippen molar-refractivity contribution in [2.75, 3.05) is 13.7 Å². The third-order valence-corrected chi connectivity index (χ3v) is 4.01. The van der Waals surface area contributed by atoms with Crippen molar-refractivity contribution in [1.29, 1.82) is 0 Å². The summed E-state index contributed by atoms with van der Waals surface area (Å²) in [5, 5.41) is 3.36. The molecule has 1 spiro atoms. The number of Topliss-reactive ketones (excluding diaryl/α,β-unsaturated/α-hetero) is 1. The fraction of sp³-hybridized carbons (Fsp3) is 0.500. The van der Waals surface area contributed by atoms with Crippen LogP contribution in [0.3, 0.4) is 0 Å². The number of hydrogen-bond acceptors (Lipinski definition) is 3. The van der Waals surface area contributed by atoms with Gasteiger partial charge in [-0.2, -0.15) is 0 Å². The van der Waals surface area contributed by atoms with Crippen LogP contribution in [0.5, 0.6) is 5.75 Å². The first-order chi connectivity index (χ1) is 8.22. The lowest BCUT2D eigenvalue weighted by atomic mass is 9.97. The van der Waals surface area contributed by atoms with E-state index in [-0.39, 0.29) is 11.8 Å². The molecular weight excluding hydrogens is 214 g/mol. The molecule has 1 aliphatic carbocycles. The van der Waals surface area contributed by atoms with Gasteiger partial charge in [0, 0.05) is 12.1 Å². The molecule has 0 amide bonds. The Hall–Kier alpha value is -1.35. The molecule has 17 heavy (non-hydrogen) atoms. The quantitative estimate of drug-likeness (QED) is 0.809. The van der Waals surface area contributed by atoms with Crippen molar-refractivity contribution in [3.63, 3.8) is 0 Å². The summed E-state index contributed by atoms with van der Waals surface area (Å²) in [6.45, 7) is 1.01. The first kappa shape index (κ1) is 10.8. The van der Waals surface area contributed by atoms with Gasteiger partial charge >= 0.3 is 0 Å². The Morgan fingerprint density at radius 2 is 2.06 bits per heavy atom. The summed E-state index contributed by atoms with van der Waals surface area (Å²) in [5.74, 6) is 1.01. The normalized spacial score (nSPS) is 24.9. The monoisotopic (exact) mass is 231 g/mol. The molecule has 0 bridgehead atoms. The van der Waals surface area contributed by atoms with E-state index >= 15 is 0 Å². The number of carbonyl (C=O) groups is 1. The maximum absolute atomic E-state index is 12.3. The predicted octanol–water partition coefficient (Wildman–Crippen LogP) is 2.02. The third kappa shape index (κ3) is 1.95. The van der Waals surface area contributed by atoms with Crippen LogP contribution in [0.1, 0.15) is 29.6 Å².